The van der Waals surface area contributed by atoms with Gasteiger partial charge < -0.3 is 5.32 Å². The summed E-state index contributed by atoms with van der Waals surface area (Å²) in [6.07, 6.45) is 0.100. The van der Waals surface area contributed by atoms with Crippen LogP contribution in [0.3, 0.4) is 0 Å². The van der Waals surface area contributed by atoms with E-state index in [1.54, 1.807) is 13.1 Å². The number of nitrogens with zero attached hydrogens (tertiary/aromatic N) is 1. The number of allylic oxidation sites excluding steroid dienone is 4. The summed E-state index contributed by atoms with van der Waals surface area (Å²) < 4.78 is 38.4. The van der Waals surface area contributed by atoms with E-state index in [9.17, 15) is 22.8 Å². The average Bonchev–Trinajstić information content (AvgIpc) is 2.95. The number of hydrogen-bond donors (Lipinski definition) is 2. The van der Waals surface area contributed by atoms with Crippen LogP contribution in [0.2, 0.25) is 0 Å². The number of anilines is 1. The highest BCUT2D eigenvalue weighted by atomic mass is 32.2. The van der Waals surface area contributed by atoms with Crippen LogP contribution in [0, 0.1) is 5.92 Å². The number of aromatic nitrogens is 1. The molecule has 0 bridgehead atoms. The Kier molecular flexibility index (Phi) is 6.87. The Labute approximate surface area is 157 Å². The number of urea groups is 1. The summed E-state index contributed by atoms with van der Waals surface area (Å²) in [6, 6.07) is -0.634. The van der Waals surface area contributed by atoms with E-state index in [1.165, 1.54) is 30.0 Å². The number of nitrogens with one attached hydrogen (secondary N) is 2. The van der Waals surface area contributed by atoms with Crippen molar-refractivity contribution in [1.29, 1.82) is 0 Å². The van der Waals surface area contributed by atoms with Gasteiger partial charge in [0.1, 0.15) is 0 Å². The standard InChI is InChI=1S/C16H18F3N3O2S2/c1-9-3-4-11(16(17,18)19)7-13(9)21-14(24)22-15-20-8-12(26-15)5-6-25-10(2)23/h4,7-9H,3,5-6H2,1-2H3,(H2,20,21,22,24). The topological polar surface area (TPSA) is 71.1 Å². The quantitative estimate of drug-likeness (QED) is 0.757. The molecular weight excluding hydrogens is 387 g/mol. The Bertz CT molecular complexity index is 741. The minimum atomic E-state index is -4.44. The smallest absolute Gasteiger partial charge is 0.311 e. The first-order valence-electron chi connectivity index (χ1n) is 7.80. The summed E-state index contributed by atoms with van der Waals surface area (Å²) in [4.78, 5) is 27.9. The van der Waals surface area contributed by atoms with E-state index >= 15 is 0 Å². The van der Waals surface area contributed by atoms with Crippen molar-refractivity contribution in [1.82, 2.24) is 10.3 Å². The van der Waals surface area contributed by atoms with Crippen molar-refractivity contribution in [2.45, 2.75) is 32.9 Å². The molecule has 142 valence electrons. The van der Waals surface area contributed by atoms with Crippen molar-refractivity contribution in [3.8, 4) is 0 Å². The molecule has 0 saturated heterocycles. The van der Waals surface area contributed by atoms with Crippen LogP contribution in [-0.4, -0.2) is 28.1 Å². The lowest BCUT2D eigenvalue weighted by Crippen LogP contribution is -2.32. The second-order valence-electron chi connectivity index (χ2n) is 5.69. The average molecular weight is 405 g/mol. The van der Waals surface area contributed by atoms with Gasteiger partial charge in [-0.1, -0.05) is 24.8 Å². The molecule has 1 unspecified atom stereocenters. The molecule has 0 aliphatic heterocycles. The molecule has 1 aromatic heterocycles. The number of carbonyl (C=O) groups is 2. The first-order chi connectivity index (χ1) is 12.1. The van der Waals surface area contributed by atoms with E-state index in [0.29, 0.717) is 17.3 Å². The van der Waals surface area contributed by atoms with Crippen molar-refractivity contribution in [2.75, 3.05) is 11.1 Å². The van der Waals surface area contributed by atoms with Crippen molar-refractivity contribution >= 4 is 39.4 Å². The third kappa shape index (κ3) is 6.17. The lowest BCUT2D eigenvalue weighted by atomic mass is 9.94. The molecule has 2 N–H and O–H groups in total. The number of thiazole rings is 1. The fourth-order valence-electron chi connectivity index (χ4n) is 2.19. The number of rotatable bonds is 5. The van der Waals surface area contributed by atoms with Crippen LogP contribution in [0.15, 0.2) is 29.6 Å². The number of aryl methyl sites for hydroxylation is 1. The Morgan fingerprint density at radius 3 is 2.77 bits per heavy atom. The predicted molar refractivity (Wildman–Crippen MR) is 97.1 cm³/mol. The molecule has 0 spiro atoms. The maximum atomic E-state index is 12.8. The van der Waals surface area contributed by atoms with Crippen LogP contribution in [0.4, 0.5) is 23.1 Å². The Morgan fingerprint density at radius 2 is 2.12 bits per heavy atom. The van der Waals surface area contributed by atoms with Crippen LogP contribution in [0.1, 0.15) is 25.1 Å². The van der Waals surface area contributed by atoms with Crippen LogP contribution in [0.5, 0.6) is 0 Å². The third-order valence-corrected chi connectivity index (χ3v) is 5.33. The molecule has 0 fully saturated rings. The van der Waals surface area contributed by atoms with Crippen molar-refractivity contribution in [3.63, 3.8) is 0 Å². The predicted octanol–water partition coefficient (Wildman–Crippen LogP) is 4.50. The van der Waals surface area contributed by atoms with Gasteiger partial charge in [0, 0.05) is 29.4 Å². The molecule has 2 amide bonds. The second-order valence-corrected chi connectivity index (χ2v) is 8.08. The van der Waals surface area contributed by atoms with Crippen LogP contribution in [0.25, 0.3) is 0 Å². The van der Waals surface area contributed by atoms with Gasteiger partial charge in [-0.2, -0.15) is 13.2 Å². The zero-order valence-corrected chi connectivity index (χ0v) is 15.8. The van der Waals surface area contributed by atoms with E-state index in [2.05, 4.69) is 15.6 Å². The number of thioether (sulfide) groups is 1. The number of carbonyl (C=O) groups excluding carboxylic acids is 2. The number of hydrogen-bond acceptors (Lipinski definition) is 5. The van der Waals surface area contributed by atoms with E-state index in [1.807, 2.05) is 0 Å². The van der Waals surface area contributed by atoms with E-state index in [4.69, 9.17) is 0 Å². The number of halogens is 3. The van der Waals surface area contributed by atoms with Gasteiger partial charge in [0.2, 0.25) is 0 Å². The first kappa shape index (κ1) is 20.5. The highest BCUT2D eigenvalue weighted by Crippen LogP contribution is 2.33. The first-order valence-corrected chi connectivity index (χ1v) is 9.60. The highest BCUT2D eigenvalue weighted by molar-refractivity contribution is 8.13. The molecule has 2 rings (SSSR count). The molecule has 1 aliphatic carbocycles. The summed E-state index contributed by atoms with van der Waals surface area (Å²) in [5.41, 5.74) is -0.544. The van der Waals surface area contributed by atoms with Crippen LogP contribution >= 0.6 is 23.1 Å². The summed E-state index contributed by atoms with van der Waals surface area (Å²) in [5.74, 6) is 0.405. The Balaban J connectivity index is 1.92. The third-order valence-electron chi connectivity index (χ3n) is 3.55. The lowest BCUT2D eigenvalue weighted by Gasteiger charge is -2.22. The van der Waals surface area contributed by atoms with E-state index in [0.717, 1.165) is 17.0 Å². The van der Waals surface area contributed by atoms with Gasteiger partial charge in [-0.15, -0.1) is 11.3 Å². The summed E-state index contributed by atoms with van der Waals surface area (Å²) in [5, 5.41) is 5.38. The summed E-state index contributed by atoms with van der Waals surface area (Å²) in [7, 11) is 0. The zero-order chi connectivity index (χ0) is 19.3. The SMILES string of the molecule is CC(=O)SCCc1cnc(NC(=O)NC2=CC(C(F)(F)F)=CCC2C)s1. The monoisotopic (exact) mass is 405 g/mol. The number of amides is 2. The fraction of sp³-hybridized carbons (Fsp3) is 0.438. The van der Waals surface area contributed by atoms with E-state index in [-0.39, 0.29) is 23.2 Å². The Hall–Kier alpha value is -1.81. The molecule has 0 aromatic carbocycles. The molecule has 5 nitrogen and oxygen atoms in total. The zero-order valence-electron chi connectivity index (χ0n) is 14.1. The van der Waals surface area contributed by atoms with Crippen molar-refractivity contribution in [3.05, 3.63) is 34.5 Å². The van der Waals surface area contributed by atoms with Gasteiger partial charge in [-0.3, -0.25) is 10.1 Å². The highest BCUT2D eigenvalue weighted by Gasteiger charge is 2.34. The molecule has 0 radical (unpaired) electrons. The van der Waals surface area contributed by atoms with Crippen molar-refractivity contribution in [2.24, 2.45) is 5.92 Å². The van der Waals surface area contributed by atoms with E-state index < -0.39 is 17.8 Å². The lowest BCUT2D eigenvalue weighted by molar-refractivity contribution is -0.109. The normalized spacial score (nSPS) is 17.3. The van der Waals surface area contributed by atoms with Crippen LogP contribution < -0.4 is 10.6 Å². The van der Waals surface area contributed by atoms with Gasteiger partial charge in [-0.05, 0) is 24.8 Å². The molecule has 1 atom stereocenters. The summed E-state index contributed by atoms with van der Waals surface area (Å²) >= 11 is 2.47. The van der Waals surface area contributed by atoms with Gasteiger partial charge in [0.05, 0.1) is 5.57 Å². The minimum Gasteiger partial charge on any atom is -0.311 e. The van der Waals surface area contributed by atoms with Gasteiger partial charge in [-0.25, -0.2) is 9.78 Å². The minimum absolute atomic E-state index is 0.0365. The fourth-order valence-corrected chi connectivity index (χ4v) is 3.74. The van der Waals surface area contributed by atoms with Gasteiger partial charge in [0.15, 0.2) is 10.2 Å². The summed E-state index contributed by atoms with van der Waals surface area (Å²) in [6.45, 7) is 3.24. The molecule has 1 aromatic rings. The Morgan fingerprint density at radius 1 is 1.38 bits per heavy atom. The van der Waals surface area contributed by atoms with Crippen molar-refractivity contribution < 1.29 is 22.8 Å². The van der Waals surface area contributed by atoms with Gasteiger partial charge >= 0.3 is 12.2 Å². The van der Waals surface area contributed by atoms with Crippen LogP contribution in [-0.2, 0) is 11.2 Å². The number of alkyl halides is 3. The molecule has 1 aliphatic rings. The largest absolute Gasteiger partial charge is 0.416 e. The maximum absolute atomic E-state index is 12.8. The molecular formula is C16H18F3N3O2S2. The molecule has 26 heavy (non-hydrogen) atoms. The molecule has 1 heterocycles. The second kappa shape index (κ2) is 8.72. The maximum Gasteiger partial charge on any atom is 0.416 e. The molecule has 10 heteroatoms. The van der Waals surface area contributed by atoms with Gasteiger partial charge in [0.25, 0.3) is 0 Å². The molecule has 0 saturated carbocycles.